The number of likely N-dealkylation sites (tertiary alicyclic amines) is 2. The van der Waals surface area contributed by atoms with E-state index < -0.39 is 12.1 Å². The molecule has 0 aromatic carbocycles. The molecule has 0 unspecified atom stereocenters. The van der Waals surface area contributed by atoms with Gasteiger partial charge in [-0.1, -0.05) is 0 Å². The Hall–Kier alpha value is -3.02. The molecule has 30 heavy (non-hydrogen) atoms. The van der Waals surface area contributed by atoms with Gasteiger partial charge in [0.1, 0.15) is 5.69 Å². The number of hydrogen-bond acceptors (Lipinski definition) is 6. The summed E-state index contributed by atoms with van der Waals surface area (Å²) in [5.74, 6) is -1.63. The summed E-state index contributed by atoms with van der Waals surface area (Å²) in [5.41, 5.74) is 1.69. The fraction of sp³-hybridized carbons (Fsp3) is 0.500. The van der Waals surface area contributed by atoms with Gasteiger partial charge >= 0.3 is 12.1 Å². The van der Waals surface area contributed by atoms with Crippen molar-refractivity contribution in [2.24, 2.45) is 18.9 Å². The second kappa shape index (κ2) is 8.78. The van der Waals surface area contributed by atoms with Crippen LogP contribution in [-0.4, -0.2) is 78.9 Å². The summed E-state index contributed by atoms with van der Waals surface area (Å²) in [4.78, 5) is 33.8. The van der Waals surface area contributed by atoms with E-state index in [2.05, 4.69) is 26.2 Å². The van der Waals surface area contributed by atoms with E-state index >= 15 is 0 Å². The molecule has 0 bridgehead atoms. The third-order valence-electron chi connectivity index (χ3n) is 5.04. The van der Waals surface area contributed by atoms with Gasteiger partial charge in [-0.2, -0.15) is 18.3 Å². The Labute approximate surface area is 170 Å². The van der Waals surface area contributed by atoms with Crippen LogP contribution in [0.15, 0.2) is 31.0 Å². The smallest absolute Gasteiger partial charge is 0.475 e. The maximum absolute atomic E-state index is 12.5. The standard InChI is InChI=1S/C16H20N6O.C2HF3O2/c1-20-6-12(4-19-20)7-21-8-13-10-22(11-14(13)9-21)16(23)15-5-17-2-3-18-15;3-2(4,5)1(6)7/h2-6,13-14H,7-11H2,1H3;(H,6,7)/t13-,14+;. The normalized spacial score (nSPS) is 21.1. The maximum atomic E-state index is 12.5. The number of alkyl halides is 3. The van der Waals surface area contributed by atoms with E-state index in [1.165, 1.54) is 5.56 Å². The summed E-state index contributed by atoms with van der Waals surface area (Å²) in [6, 6.07) is 0. The lowest BCUT2D eigenvalue weighted by molar-refractivity contribution is -0.192. The fourth-order valence-corrected chi connectivity index (χ4v) is 3.77. The molecule has 162 valence electrons. The summed E-state index contributed by atoms with van der Waals surface area (Å²) in [5, 5.41) is 11.3. The molecule has 2 fully saturated rings. The molecule has 0 radical (unpaired) electrons. The number of nitrogens with zero attached hydrogens (tertiary/aromatic N) is 6. The number of hydrogen-bond donors (Lipinski definition) is 1. The van der Waals surface area contributed by atoms with E-state index in [0.29, 0.717) is 17.5 Å². The predicted molar refractivity (Wildman–Crippen MR) is 97.1 cm³/mol. The molecule has 2 aromatic heterocycles. The monoisotopic (exact) mass is 426 g/mol. The topological polar surface area (TPSA) is 104 Å². The summed E-state index contributed by atoms with van der Waals surface area (Å²) in [7, 11) is 1.94. The van der Waals surface area contributed by atoms with Crippen LogP contribution in [0, 0.1) is 11.8 Å². The first-order valence-electron chi connectivity index (χ1n) is 9.18. The number of carbonyl (C=O) groups is 2. The minimum Gasteiger partial charge on any atom is -0.475 e. The number of amides is 1. The molecule has 2 aromatic rings. The molecule has 0 saturated carbocycles. The van der Waals surface area contributed by atoms with Gasteiger partial charge in [-0.3, -0.25) is 19.4 Å². The number of carboxylic acids is 1. The van der Waals surface area contributed by atoms with Crippen LogP contribution in [0.1, 0.15) is 16.1 Å². The summed E-state index contributed by atoms with van der Waals surface area (Å²) < 4.78 is 33.6. The Balaban J connectivity index is 0.000000318. The quantitative estimate of drug-likeness (QED) is 0.782. The highest BCUT2D eigenvalue weighted by Gasteiger charge is 2.42. The zero-order valence-electron chi connectivity index (χ0n) is 16.2. The highest BCUT2D eigenvalue weighted by Crippen LogP contribution is 2.32. The Bertz CT molecular complexity index is 875. The molecule has 4 heterocycles. The number of aryl methyl sites for hydroxylation is 1. The number of aromatic nitrogens is 4. The average molecular weight is 426 g/mol. The highest BCUT2D eigenvalue weighted by atomic mass is 19.4. The minimum atomic E-state index is -5.08. The number of aliphatic carboxylic acids is 1. The molecule has 2 aliphatic heterocycles. The van der Waals surface area contributed by atoms with Crippen LogP contribution in [0.2, 0.25) is 0 Å². The zero-order chi connectivity index (χ0) is 21.9. The maximum Gasteiger partial charge on any atom is 0.490 e. The van der Waals surface area contributed by atoms with Crippen LogP contribution in [-0.2, 0) is 18.4 Å². The number of rotatable bonds is 3. The van der Waals surface area contributed by atoms with Crippen LogP contribution in [0.25, 0.3) is 0 Å². The van der Waals surface area contributed by atoms with Crippen LogP contribution >= 0.6 is 0 Å². The lowest BCUT2D eigenvalue weighted by atomic mass is 10.0. The molecule has 2 saturated heterocycles. The lowest BCUT2D eigenvalue weighted by Gasteiger charge is -2.20. The fourth-order valence-electron chi connectivity index (χ4n) is 3.77. The molecule has 2 atom stereocenters. The van der Waals surface area contributed by atoms with Crippen molar-refractivity contribution in [3.8, 4) is 0 Å². The Morgan fingerprint density at radius 1 is 1.13 bits per heavy atom. The van der Waals surface area contributed by atoms with Crippen molar-refractivity contribution in [1.29, 1.82) is 0 Å². The van der Waals surface area contributed by atoms with Crippen molar-refractivity contribution in [2.75, 3.05) is 26.2 Å². The summed E-state index contributed by atoms with van der Waals surface area (Å²) in [6.07, 6.45) is 3.62. The molecule has 12 heteroatoms. The number of carboxylic acid groups (broad SMARTS) is 1. The molecule has 1 amide bonds. The van der Waals surface area contributed by atoms with Crippen LogP contribution in [0.4, 0.5) is 13.2 Å². The molecule has 1 N–H and O–H groups in total. The first-order chi connectivity index (χ1) is 14.1. The number of halogens is 3. The minimum absolute atomic E-state index is 0.00584. The van der Waals surface area contributed by atoms with Crippen molar-refractivity contribution in [3.63, 3.8) is 0 Å². The van der Waals surface area contributed by atoms with Crippen LogP contribution < -0.4 is 0 Å². The zero-order valence-corrected chi connectivity index (χ0v) is 16.2. The molecular weight excluding hydrogens is 405 g/mol. The van der Waals surface area contributed by atoms with E-state index in [0.717, 1.165) is 32.7 Å². The molecule has 4 rings (SSSR count). The summed E-state index contributed by atoms with van der Waals surface area (Å²) >= 11 is 0. The highest BCUT2D eigenvalue weighted by molar-refractivity contribution is 5.92. The van der Waals surface area contributed by atoms with Gasteiger partial charge in [-0.05, 0) is 11.8 Å². The van der Waals surface area contributed by atoms with Crippen molar-refractivity contribution in [1.82, 2.24) is 29.5 Å². The SMILES string of the molecule is Cn1cc(CN2C[C@@H]3CN(C(=O)c4cnccn4)C[C@@H]3C2)cn1.O=C(O)C(F)(F)F. The van der Waals surface area contributed by atoms with Gasteiger partial charge in [0.25, 0.3) is 5.91 Å². The number of fused-ring (bicyclic) bond motifs is 1. The molecule has 2 aliphatic rings. The predicted octanol–water partition coefficient (Wildman–Crippen LogP) is 1.05. The van der Waals surface area contributed by atoms with Gasteiger partial charge < -0.3 is 10.0 Å². The first kappa shape index (κ1) is 21.7. The molecule has 0 spiro atoms. The van der Waals surface area contributed by atoms with E-state index in [9.17, 15) is 18.0 Å². The van der Waals surface area contributed by atoms with Gasteiger partial charge in [0.05, 0.1) is 12.4 Å². The van der Waals surface area contributed by atoms with E-state index in [1.54, 1.807) is 18.6 Å². The van der Waals surface area contributed by atoms with Gasteiger partial charge in [0.15, 0.2) is 0 Å². The van der Waals surface area contributed by atoms with Crippen LogP contribution in [0.3, 0.4) is 0 Å². The van der Waals surface area contributed by atoms with Gasteiger partial charge in [-0.25, -0.2) is 9.78 Å². The lowest BCUT2D eigenvalue weighted by Crippen LogP contribution is -2.33. The second-order valence-electron chi connectivity index (χ2n) is 7.34. The Morgan fingerprint density at radius 3 is 2.23 bits per heavy atom. The summed E-state index contributed by atoms with van der Waals surface area (Å²) in [6.45, 7) is 4.68. The van der Waals surface area contributed by atoms with Gasteiger partial charge in [0.2, 0.25) is 0 Å². The third kappa shape index (κ3) is 5.32. The second-order valence-corrected chi connectivity index (χ2v) is 7.34. The third-order valence-corrected chi connectivity index (χ3v) is 5.04. The Morgan fingerprint density at radius 2 is 1.77 bits per heavy atom. The van der Waals surface area contributed by atoms with Crippen LogP contribution in [0.5, 0.6) is 0 Å². The average Bonchev–Trinajstić information content (AvgIpc) is 3.36. The van der Waals surface area contributed by atoms with Gasteiger partial charge in [0, 0.05) is 63.9 Å². The van der Waals surface area contributed by atoms with E-state index in [4.69, 9.17) is 9.90 Å². The molecule has 9 nitrogen and oxygen atoms in total. The van der Waals surface area contributed by atoms with Crippen molar-refractivity contribution < 1.29 is 27.9 Å². The number of carbonyl (C=O) groups excluding carboxylic acids is 1. The van der Waals surface area contributed by atoms with E-state index in [-0.39, 0.29) is 5.91 Å². The van der Waals surface area contributed by atoms with Crippen molar-refractivity contribution in [2.45, 2.75) is 12.7 Å². The first-order valence-corrected chi connectivity index (χ1v) is 9.18. The van der Waals surface area contributed by atoms with E-state index in [1.807, 2.05) is 22.8 Å². The largest absolute Gasteiger partial charge is 0.490 e. The molecular formula is C18H21F3N6O3. The van der Waals surface area contributed by atoms with Crippen molar-refractivity contribution >= 4 is 11.9 Å². The van der Waals surface area contributed by atoms with Gasteiger partial charge in [-0.15, -0.1) is 0 Å². The molecule has 0 aliphatic carbocycles. The Kier molecular flexibility index (Phi) is 6.34. The van der Waals surface area contributed by atoms with Crippen molar-refractivity contribution in [3.05, 3.63) is 42.2 Å².